The van der Waals surface area contributed by atoms with E-state index in [1.54, 1.807) is 7.11 Å². The SMILES string of the molecule is CCNC(c1ccc(Br)cc1OC)c1cc(Cl)sc1Cl. The van der Waals surface area contributed by atoms with Crippen LogP contribution >= 0.6 is 50.5 Å². The molecular formula is C14H14BrCl2NOS. The third kappa shape index (κ3) is 3.49. The van der Waals surface area contributed by atoms with Gasteiger partial charge in [0.05, 0.1) is 21.8 Å². The van der Waals surface area contributed by atoms with Gasteiger partial charge >= 0.3 is 0 Å². The molecule has 0 fully saturated rings. The standard InChI is InChI=1S/C14H14BrCl2NOS/c1-3-18-13(10-7-12(16)20-14(10)17)9-5-4-8(15)6-11(9)19-2/h4-7,13,18H,3H2,1-2H3. The second kappa shape index (κ2) is 7.14. The first-order chi connectivity index (χ1) is 9.56. The average Bonchev–Trinajstić information content (AvgIpc) is 2.75. The Bertz CT molecular complexity index is 603. The van der Waals surface area contributed by atoms with Crippen LogP contribution in [-0.4, -0.2) is 13.7 Å². The molecule has 0 aliphatic rings. The van der Waals surface area contributed by atoms with E-state index in [0.29, 0.717) is 8.67 Å². The summed E-state index contributed by atoms with van der Waals surface area (Å²) in [4.78, 5) is 0. The molecule has 2 rings (SSSR count). The van der Waals surface area contributed by atoms with Crippen LogP contribution in [0.1, 0.15) is 24.1 Å². The molecule has 0 bridgehead atoms. The van der Waals surface area contributed by atoms with E-state index >= 15 is 0 Å². The molecule has 1 N–H and O–H groups in total. The number of thiophene rings is 1. The smallest absolute Gasteiger partial charge is 0.125 e. The van der Waals surface area contributed by atoms with E-state index in [4.69, 9.17) is 27.9 Å². The van der Waals surface area contributed by atoms with Gasteiger partial charge in [-0.25, -0.2) is 0 Å². The van der Waals surface area contributed by atoms with Crippen molar-refractivity contribution in [3.63, 3.8) is 0 Å². The maximum Gasteiger partial charge on any atom is 0.125 e. The van der Waals surface area contributed by atoms with Crippen LogP contribution in [0.2, 0.25) is 8.67 Å². The van der Waals surface area contributed by atoms with Gasteiger partial charge in [0.2, 0.25) is 0 Å². The minimum Gasteiger partial charge on any atom is -0.496 e. The summed E-state index contributed by atoms with van der Waals surface area (Å²) in [5.74, 6) is 0.809. The third-order valence-corrected chi connectivity index (χ3v) is 4.92. The van der Waals surface area contributed by atoms with E-state index in [9.17, 15) is 0 Å². The molecule has 20 heavy (non-hydrogen) atoms. The molecule has 6 heteroatoms. The Labute approximate surface area is 141 Å². The van der Waals surface area contributed by atoms with Crippen molar-refractivity contribution in [2.45, 2.75) is 13.0 Å². The molecule has 1 aromatic carbocycles. The van der Waals surface area contributed by atoms with E-state index in [2.05, 4.69) is 28.2 Å². The number of methoxy groups -OCH3 is 1. The van der Waals surface area contributed by atoms with Crippen molar-refractivity contribution in [2.24, 2.45) is 0 Å². The lowest BCUT2D eigenvalue weighted by molar-refractivity contribution is 0.404. The van der Waals surface area contributed by atoms with Crippen LogP contribution in [0.15, 0.2) is 28.7 Å². The van der Waals surface area contributed by atoms with E-state index in [1.807, 2.05) is 24.3 Å². The molecule has 1 heterocycles. The summed E-state index contributed by atoms with van der Waals surface area (Å²) >= 11 is 17.2. The second-order valence-corrected chi connectivity index (χ2v) is 7.36. The summed E-state index contributed by atoms with van der Waals surface area (Å²) in [6, 6.07) is 7.83. The Morgan fingerprint density at radius 1 is 1.30 bits per heavy atom. The van der Waals surface area contributed by atoms with Crippen molar-refractivity contribution in [3.8, 4) is 5.75 Å². The predicted octanol–water partition coefficient (Wildman–Crippen LogP) is 5.52. The zero-order chi connectivity index (χ0) is 14.7. The molecule has 0 radical (unpaired) electrons. The van der Waals surface area contributed by atoms with Crippen LogP contribution in [-0.2, 0) is 0 Å². The molecule has 0 amide bonds. The highest BCUT2D eigenvalue weighted by Crippen LogP contribution is 2.40. The lowest BCUT2D eigenvalue weighted by Crippen LogP contribution is -2.22. The van der Waals surface area contributed by atoms with Crippen molar-refractivity contribution in [2.75, 3.05) is 13.7 Å². The highest BCUT2D eigenvalue weighted by molar-refractivity contribution is 9.10. The van der Waals surface area contributed by atoms with Crippen molar-refractivity contribution < 1.29 is 4.74 Å². The molecule has 0 saturated heterocycles. The van der Waals surface area contributed by atoms with Crippen molar-refractivity contribution >= 4 is 50.5 Å². The number of rotatable bonds is 5. The fourth-order valence-corrected chi connectivity index (χ4v) is 3.94. The van der Waals surface area contributed by atoms with Crippen molar-refractivity contribution in [1.82, 2.24) is 5.32 Å². The largest absolute Gasteiger partial charge is 0.496 e. The minimum absolute atomic E-state index is 0.0423. The number of ether oxygens (including phenoxy) is 1. The molecule has 0 saturated carbocycles. The normalized spacial score (nSPS) is 12.4. The van der Waals surface area contributed by atoms with Gasteiger partial charge < -0.3 is 10.1 Å². The second-order valence-electron chi connectivity index (χ2n) is 4.16. The summed E-state index contributed by atoms with van der Waals surface area (Å²) in [7, 11) is 1.66. The molecule has 0 aliphatic heterocycles. The lowest BCUT2D eigenvalue weighted by atomic mass is 10.00. The topological polar surface area (TPSA) is 21.3 Å². The molecule has 0 spiro atoms. The minimum atomic E-state index is -0.0423. The van der Waals surface area contributed by atoms with E-state index in [1.165, 1.54) is 11.3 Å². The van der Waals surface area contributed by atoms with Gasteiger partial charge in [0.1, 0.15) is 5.75 Å². The summed E-state index contributed by atoms with van der Waals surface area (Å²) in [5.41, 5.74) is 2.01. The van der Waals surface area contributed by atoms with Gasteiger partial charge in [-0.1, -0.05) is 52.1 Å². The first kappa shape index (κ1) is 16.1. The van der Waals surface area contributed by atoms with Gasteiger partial charge in [0.15, 0.2) is 0 Å². The maximum absolute atomic E-state index is 6.30. The molecule has 108 valence electrons. The maximum atomic E-state index is 6.30. The van der Waals surface area contributed by atoms with Crippen LogP contribution < -0.4 is 10.1 Å². The first-order valence-electron chi connectivity index (χ1n) is 6.08. The fourth-order valence-electron chi connectivity index (χ4n) is 2.06. The van der Waals surface area contributed by atoms with E-state index < -0.39 is 0 Å². The summed E-state index contributed by atoms with van der Waals surface area (Å²) < 4.78 is 7.84. The molecule has 1 aromatic heterocycles. The highest BCUT2D eigenvalue weighted by atomic mass is 79.9. The predicted molar refractivity (Wildman–Crippen MR) is 90.6 cm³/mol. The number of hydrogen-bond donors (Lipinski definition) is 1. The van der Waals surface area contributed by atoms with Gasteiger partial charge in [0, 0.05) is 15.6 Å². The van der Waals surface area contributed by atoms with Crippen LogP contribution in [0.4, 0.5) is 0 Å². The quantitative estimate of drug-likeness (QED) is 0.720. The lowest BCUT2D eigenvalue weighted by Gasteiger charge is -2.20. The number of benzene rings is 1. The van der Waals surface area contributed by atoms with Gasteiger partial charge in [-0.2, -0.15) is 0 Å². The summed E-state index contributed by atoms with van der Waals surface area (Å²) in [6.07, 6.45) is 0. The summed E-state index contributed by atoms with van der Waals surface area (Å²) in [6.45, 7) is 2.87. The van der Waals surface area contributed by atoms with Gasteiger partial charge in [-0.3, -0.25) is 0 Å². The van der Waals surface area contributed by atoms with Gasteiger partial charge in [-0.15, -0.1) is 11.3 Å². The van der Waals surface area contributed by atoms with Crippen LogP contribution in [0.3, 0.4) is 0 Å². The van der Waals surface area contributed by atoms with Crippen LogP contribution in [0.25, 0.3) is 0 Å². The zero-order valence-corrected chi connectivity index (χ0v) is 15.0. The van der Waals surface area contributed by atoms with E-state index in [0.717, 1.165) is 27.9 Å². The Balaban J connectivity index is 2.51. The van der Waals surface area contributed by atoms with Crippen molar-refractivity contribution in [3.05, 3.63) is 48.5 Å². The molecular weight excluding hydrogens is 381 g/mol. The Kier molecular flexibility index (Phi) is 5.75. The average molecular weight is 395 g/mol. The fraction of sp³-hybridized carbons (Fsp3) is 0.286. The Morgan fingerprint density at radius 3 is 2.60 bits per heavy atom. The highest BCUT2D eigenvalue weighted by Gasteiger charge is 2.22. The number of halogens is 3. The summed E-state index contributed by atoms with van der Waals surface area (Å²) in [5, 5.41) is 3.43. The molecule has 2 aromatic rings. The Hall–Kier alpha value is -0.260. The Morgan fingerprint density at radius 2 is 2.05 bits per heavy atom. The number of hydrogen-bond acceptors (Lipinski definition) is 3. The monoisotopic (exact) mass is 393 g/mol. The third-order valence-electron chi connectivity index (χ3n) is 2.91. The molecule has 1 unspecified atom stereocenters. The molecule has 2 nitrogen and oxygen atoms in total. The van der Waals surface area contributed by atoms with Gasteiger partial charge in [-0.05, 0) is 24.7 Å². The van der Waals surface area contributed by atoms with Crippen LogP contribution in [0.5, 0.6) is 5.75 Å². The number of nitrogens with one attached hydrogen (secondary N) is 1. The molecule has 0 aliphatic carbocycles. The molecule has 1 atom stereocenters. The van der Waals surface area contributed by atoms with E-state index in [-0.39, 0.29) is 6.04 Å². The van der Waals surface area contributed by atoms with Crippen molar-refractivity contribution in [1.29, 1.82) is 0 Å². The van der Waals surface area contributed by atoms with Crippen LogP contribution in [0, 0.1) is 0 Å². The first-order valence-corrected chi connectivity index (χ1v) is 8.45. The van der Waals surface area contributed by atoms with Gasteiger partial charge in [0.25, 0.3) is 0 Å². The zero-order valence-electron chi connectivity index (χ0n) is 11.0.